The lowest BCUT2D eigenvalue weighted by Gasteiger charge is -2.31. The predicted molar refractivity (Wildman–Crippen MR) is 95.1 cm³/mol. The minimum absolute atomic E-state index is 0.0997. The number of benzene rings is 1. The van der Waals surface area contributed by atoms with E-state index in [2.05, 4.69) is 15.3 Å². The van der Waals surface area contributed by atoms with Gasteiger partial charge in [0.1, 0.15) is 6.33 Å². The second-order valence-corrected chi connectivity index (χ2v) is 6.41. The zero-order valence-corrected chi connectivity index (χ0v) is 14.6. The van der Waals surface area contributed by atoms with Crippen LogP contribution in [-0.4, -0.2) is 52.7 Å². The van der Waals surface area contributed by atoms with E-state index >= 15 is 0 Å². The van der Waals surface area contributed by atoms with Gasteiger partial charge in [-0.05, 0) is 30.5 Å². The van der Waals surface area contributed by atoms with E-state index < -0.39 is 13.0 Å². The number of hydrogen-bond donors (Lipinski definition) is 1. The number of carbonyl (C=O) groups excluding carboxylic acids is 2. The molecule has 2 amide bonds. The van der Waals surface area contributed by atoms with Crippen molar-refractivity contribution in [3.8, 4) is 11.1 Å². The minimum Gasteiger partial charge on any atom is -0.350 e. The fourth-order valence-corrected chi connectivity index (χ4v) is 3.10. The Bertz CT molecular complexity index is 776. The molecule has 1 aliphatic heterocycles. The molecule has 0 bridgehead atoms. The Kier molecular flexibility index (Phi) is 6.05. The van der Waals surface area contributed by atoms with E-state index in [-0.39, 0.29) is 17.7 Å². The van der Waals surface area contributed by atoms with Crippen LogP contribution in [0, 0.1) is 5.92 Å². The molecule has 0 unspecified atom stereocenters. The van der Waals surface area contributed by atoms with E-state index in [1.165, 1.54) is 6.33 Å². The van der Waals surface area contributed by atoms with Crippen LogP contribution in [0.3, 0.4) is 0 Å². The van der Waals surface area contributed by atoms with Crippen molar-refractivity contribution in [1.29, 1.82) is 0 Å². The topological polar surface area (TPSA) is 75.2 Å². The maximum absolute atomic E-state index is 12.6. The van der Waals surface area contributed by atoms with Crippen LogP contribution in [0.5, 0.6) is 0 Å². The van der Waals surface area contributed by atoms with Crippen LogP contribution in [0.2, 0.25) is 0 Å². The van der Waals surface area contributed by atoms with Crippen molar-refractivity contribution >= 4 is 11.8 Å². The van der Waals surface area contributed by atoms with E-state index in [4.69, 9.17) is 0 Å². The summed E-state index contributed by atoms with van der Waals surface area (Å²) in [6, 6.07) is 7.20. The van der Waals surface area contributed by atoms with Crippen molar-refractivity contribution in [3.05, 3.63) is 48.5 Å². The summed E-state index contributed by atoms with van der Waals surface area (Å²) in [5, 5.41) is 2.25. The van der Waals surface area contributed by atoms with E-state index in [1.807, 2.05) is 12.1 Å². The van der Waals surface area contributed by atoms with Gasteiger partial charge in [-0.1, -0.05) is 12.1 Å². The van der Waals surface area contributed by atoms with Crippen LogP contribution in [0.15, 0.2) is 43.0 Å². The highest BCUT2D eigenvalue weighted by atomic mass is 19.3. The molecule has 2 heterocycles. The number of nitrogens with zero attached hydrogens (tertiary/aromatic N) is 3. The highest BCUT2D eigenvalue weighted by Gasteiger charge is 2.28. The normalized spacial score (nSPS) is 15.0. The van der Waals surface area contributed by atoms with Crippen molar-refractivity contribution in [1.82, 2.24) is 20.2 Å². The molecule has 0 atom stereocenters. The second-order valence-electron chi connectivity index (χ2n) is 6.41. The third-order valence-corrected chi connectivity index (χ3v) is 4.61. The molecule has 2 aromatic rings. The van der Waals surface area contributed by atoms with Crippen LogP contribution >= 0.6 is 0 Å². The number of halogens is 2. The lowest BCUT2D eigenvalue weighted by molar-refractivity contribution is -0.126. The van der Waals surface area contributed by atoms with Crippen LogP contribution < -0.4 is 5.32 Å². The van der Waals surface area contributed by atoms with Gasteiger partial charge >= 0.3 is 0 Å². The maximum Gasteiger partial charge on any atom is 0.255 e. The highest BCUT2D eigenvalue weighted by Crippen LogP contribution is 2.21. The van der Waals surface area contributed by atoms with Gasteiger partial charge in [0.2, 0.25) is 5.91 Å². The first-order chi connectivity index (χ1) is 13.0. The molecule has 142 valence electrons. The molecule has 0 radical (unpaired) electrons. The first-order valence-electron chi connectivity index (χ1n) is 8.75. The predicted octanol–water partition coefficient (Wildman–Crippen LogP) is 2.38. The lowest BCUT2D eigenvalue weighted by Crippen LogP contribution is -2.43. The Balaban J connectivity index is 1.55. The number of carbonyl (C=O) groups is 2. The number of piperidine rings is 1. The monoisotopic (exact) mass is 374 g/mol. The molecule has 8 heteroatoms. The standard InChI is InChI=1S/C19H20F2N4O2/c20-17(21)11-24-18(26)14-5-7-25(8-6-14)19(27)15-3-1-13(2-4-15)16-9-22-12-23-10-16/h1-4,9-10,12,14,17H,5-8,11H2,(H,24,26). The third kappa shape index (κ3) is 4.84. The Morgan fingerprint density at radius 3 is 2.30 bits per heavy atom. The summed E-state index contributed by atoms with van der Waals surface area (Å²) in [6.07, 6.45) is 3.25. The molecule has 27 heavy (non-hydrogen) atoms. The van der Waals surface area contributed by atoms with Gasteiger partial charge < -0.3 is 10.2 Å². The minimum atomic E-state index is -2.55. The Labute approximate surface area is 155 Å². The molecule has 0 aliphatic carbocycles. The van der Waals surface area contributed by atoms with Crippen LogP contribution in [0.4, 0.5) is 8.78 Å². The molecular formula is C19H20F2N4O2. The van der Waals surface area contributed by atoms with Gasteiger partial charge in [0.15, 0.2) is 0 Å². The van der Waals surface area contributed by atoms with Gasteiger partial charge in [0.05, 0.1) is 6.54 Å². The Morgan fingerprint density at radius 1 is 1.07 bits per heavy atom. The van der Waals surface area contributed by atoms with E-state index in [1.54, 1.807) is 29.4 Å². The van der Waals surface area contributed by atoms with Crippen molar-refractivity contribution in [3.63, 3.8) is 0 Å². The van der Waals surface area contributed by atoms with Crippen molar-refractivity contribution < 1.29 is 18.4 Å². The molecule has 3 rings (SSSR count). The van der Waals surface area contributed by atoms with Gasteiger partial charge in [-0.2, -0.15) is 0 Å². The first-order valence-corrected chi connectivity index (χ1v) is 8.75. The second kappa shape index (κ2) is 8.66. The zero-order chi connectivity index (χ0) is 19.2. The van der Waals surface area contributed by atoms with Crippen LogP contribution in [-0.2, 0) is 4.79 Å². The number of alkyl halides is 2. The Morgan fingerprint density at radius 2 is 1.70 bits per heavy atom. The van der Waals surface area contributed by atoms with E-state index in [9.17, 15) is 18.4 Å². The molecule has 1 N–H and O–H groups in total. The molecule has 1 aliphatic rings. The highest BCUT2D eigenvalue weighted by molar-refractivity contribution is 5.95. The summed E-state index contributed by atoms with van der Waals surface area (Å²) in [4.78, 5) is 34.1. The average molecular weight is 374 g/mol. The smallest absolute Gasteiger partial charge is 0.255 e. The van der Waals surface area contributed by atoms with Crippen molar-refractivity contribution in [2.75, 3.05) is 19.6 Å². The van der Waals surface area contributed by atoms with Crippen molar-refractivity contribution in [2.24, 2.45) is 5.92 Å². The van der Waals surface area contributed by atoms with Gasteiger partial charge in [0, 0.05) is 42.5 Å². The summed E-state index contributed by atoms with van der Waals surface area (Å²) >= 11 is 0. The molecule has 1 aromatic heterocycles. The van der Waals surface area contributed by atoms with Gasteiger partial charge in [0.25, 0.3) is 12.3 Å². The number of nitrogens with one attached hydrogen (secondary N) is 1. The van der Waals surface area contributed by atoms with E-state index in [0.717, 1.165) is 11.1 Å². The van der Waals surface area contributed by atoms with E-state index in [0.29, 0.717) is 31.5 Å². The summed E-state index contributed by atoms with van der Waals surface area (Å²) in [7, 11) is 0. The van der Waals surface area contributed by atoms with Crippen molar-refractivity contribution in [2.45, 2.75) is 19.3 Å². The summed E-state index contributed by atoms with van der Waals surface area (Å²) in [5.74, 6) is -0.789. The fraction of sp³-hybridized carbons (Fsp3) is 0.368. The molecular weight excluding hydrogens is 354 g/mol. The average Bonchev–Trinajstić information content (AvgIpc) is 2.72. The van der Waals surface area contributed by atoms with Crippen LogP contribution in [0.25, 0.3) is 11.1 Å². The summed E-state index contributed by atoms with van der Waals surface area (Å²) in [6.45, 7) is 0.233. The quantitative estimate of drug-likeness (QED) is 0.872. The summed E-state index contributed by atoms with van der Waals surface area (Å²) < 4.78 is 24.4. The Hall–Kier alpha value is -2.90. The van der Waals surface area contributed by atoms with Gasteiger partial charge in [-0.15, -0.1) is 0 Å². The number of amides is 2. The van der Waals surface area contributed by atoms with Crippen LogP contribution in [0.1, 0.15) is 23.2 Å². The molecule has 1 aromatic carbocycles. The number of hydrogen-bond acceptors (Lipinski definition) is 4. The zero-order valence-electron chi connectivity index (χ0n) is 14.6. The SMILES string of the molecule is O=C(NCC(F)F)C1CCN(C(=O)c2ccc(-c3cncnc3)cc2)CC1. The molecule has 6 nitrogen and oxygen atoms in total. The third-order valence-electron chi connectivity index (χ3n) is 4.61. The molecule has 0 spiro atoms. The molecule has 1 saturated heterocycles. The number of likely N-dealkylation sites (tertiary alicyclic amines) is 1. The first kappa shape index (κ1) is 18.9. The summed E-state index contributed by atoms with van der Waals surface area (Å²) in [5.41, 5.74) is 2.35. The molecule has 1 fully saturated rings. The van der Waals surface area contributed by atoms with Gasteiger partial charge in [-0.25, -0.2) is 18.7 Å². The maximum atomic E-state index is 12.6. The fourth-order valence-electron chi connectivity index (χ4n) is 3.10. The lowest BCUT2D eigenvalue weighted by atomic mass is 9.95. The van der Waals surface area contributed by atoms with Gasteiger partial charge in [-0.3, -0.25) is 9.59 Å². The molecule has 0 saturated carbocycles. The number of aromatic nitrogens is 2. The number of rotatable bonds is 5. The largest absolute Gasteiger partial charge is 0.350 e.